The van der Waals surface area contributed by atoms with Crippen molar-refractivity contribution in [3.63, 3.8) is 0 Å². The number of esters is 1. The molecule has 2 nitrogen and oxygen atoms in total. The first kappa shape index (κ1) is 9.50. The number of carbonyl (C=O) groups is 1. The van der Waals surface area contributed by atoms with Gasteiger partial charge in [-0.3, -0.25) is 0 Å². The van der Waals surface area contributed by atoms with Crippen molar-refractivity contribution in [3.05, 3.63) is 23.0 Å². The molecule has 14 heavy (non-hydrogen) atoms. The first-order chi connectivity index (χ1) is 6.83. The molecule has 2 aliphatic rings. The van der Waals surface area contributed by atoms with Crippen LogP contribution >= 0.6 is 0 Å². The molecular formula is C12H16O2. The molecule has 0 N–H and O–H groups in total. The van der Waals surface area contributed by atoms with E-state index in [1.165, 1.54) is 12.0 Å². The lowest BCUT2D eigenvalue weighted by molar-refractivity contribution is -0.133. The van der Waals surface area contributed by atoms with E-state index in [1.807, 2.05) is 0 Å². The van der Waals surface area contributed by atoms with E-state index in [2.05, 4.69) is 13.0 Å². The van der Waals surface area contributed by atoms with Gasteiger partial charge in [0.2, 0.25) is 0 Å². The Morgan fingerprint density at radius 3 is 2.71 bits per heavy atom. The number of hydrogen-bond donors (Lipinski definition) is 0. The largest absolute Gasteiger partial charge is 0.423 e. The van der Waals surface area contributed by atoms with E-state index in [-0.39, 0.29) is 5.97 Å². The quantitative estimate of drug-likeness (QED) is 0.628. The van der Waals surface area contributed by atoms with Crippen LogP contribution in [0.4, 0.5) is 0 Å². The van der Waals surface area contributed by atoms with Crippen molar-refractivity contribution in [2.45, 2.75) is 45.4 Å². The molecule has 0 aromatic rings. The molecule has 0 fully saturated rings. The highest BCUT2D eigenvalue weighted by molar-refractivity contribution is 5.94. The van der Waals surface area contributed by atoms with Gasteiger partial charge in [0.25, 0.3) is 0 Å². The molecule has 2 heteroatoms. The number of rotatable bonds is 2. The second-order valence-electron chi connectivity index (χ2n) is 3.91. The lowest BCUT2D eigenvalue weighted by atomic mass is 9.92. The third-order valence-corrected chi connectivity index (χ3v) is 2.83. The summed E-state index contributed by atoms with van der Waals surface area (Å²) in [6.45, 7) is 2.13. The van der Waals surface area contributed by atoms with Crippen LogP contribution in [0.25, 0.3) is 0 Å². The number of carbonyl (C=O) groups excluding carboxylic acids is 1. The average molecular weight is 192 g/mol. The van der Waals surface area contributed by atoms with Crippen molar-refractivity contribution in [1.29, 1.82) is 0 Å². The normalized spacial score (nSPS) is 24.1. The first-order valence-corrected chi connectivity index (χ1v) is 5.47. The summed E-state index contributed by atoms with van der Waals surface area (Å²) in [4.78, 5) is 11.5. The lowest BCUT2D eigenvalue weighted by Crippen LogP contribution is -2.01. The topological polar surface area (TPSA) is 26.3 Å². The Labute approximate surface area is 84.6 Å². The highest BCUT2D eigenvalue weighted by Gasteiger charge is 2.30. The molecule has 0 radical (unpaired) electrons. The number of hydrogen-bond acceptors (Lipinski definition) is 2. The first-order valence-electron chi connectivity index (χ1n) is 5.47. The minimum atomic E-state index is -0.0953. The van der Waals surface area contributed by atoms with Crippen LogP contribution in [0.3, 0.4) is 0 Å². The fourth-order valence-electron chi connectivity index (χ4n) is 2.07. The fourth-order valence-corrected chi connectivity index (χ4v) is 2.07. The lowest BCUT2D eigenvalue weighted by Gasteiger charge is -2.09. The van der Waals surface area contributed by atoms with Crippen molar-refractivity contribution in [3.8, 4) is 0 Å². The molecule has 2 rings (SSSR count). The van der Waals surface area contributed by atoms with Crippen molar-refractivity contribution in [2.75, 3.05) is 0 Å². The molecule has 0 unspecified atom stereocenters. The van der Waals surface area contributed by atoms with Crippen molar-refractivity contribution < 1.29 is 9.53 Å². The Balaban J connectivity index is 2.23. The molecule has 0 spiro atoms. The molecule has 0 aromatic carbocycles. The molecule has 1 aliphatic carbocycles. The van der Waals surface area contributed by atoms with Gasteiger partial charge in [0.1, 0.15) is 5.76 Å². The maximum absolute atomic E-state index is 11.5. The van der Waals surface area contributed by atoms with Gasteiger partial charge >= 0.3 is 5.97 Å². The van der Waals surface area contributed by atoms with Crippen LogP contribution in [0.1, 0.15) is 45.4 Å². The Morgan fingerprint density at radius 2 is 2.00 bits per heavy atom. The molecule has 0 aromatic heterocycles. The maximum atomic E-state index is 11.5. The zero-order chi connectivity index (χ0) is 9.97. The van der Waals surface area contributed by atoms with Gasteiger partial charge in [0, 0.05) is 11.1 Å². The Bertz CT molecular complexity index is 310. The van der Waals surface area contributed by atoms with Gasteiger partial charge in [-0.15, -0.1) is 0 Å². The van der Waals surface area contributed by atoms with E-state index >= 15 is 0 Å². The van der Waals surface area contributed by atoms with E-state index in [4.69, 9.17) is 4.74 Å². The van der Waals surface area contributed by atoms with Gasteiger partial charge in [-0.05, 0) is 38.2 Å². The summed E-state index contributed by atoms with van der Waals surface area (Å²) in [7, 11) is 0. The molecule has 1 aliphatic heterocycles. The summed E-state index contributed by atoms with van der Waals surface area (Å²) < 4.78 is 5.26. The van der Waals surface area contributed by atoms with Crippen LogP contribution < -0.4 is 0 Å². The Morgan fingerprint density at radius 1 is 1.29 bits per heavy atom. The summed E-state index contributed by atoms with van der Waals surface area (Å²) in [5.41, 5.74) is 2.13. The van der Waals surface area contributed by atoms with Crippen LogP contribution in [0.15, 0.2) is 23.0 Å². The van der Waals surface area contributed by atoms with E-state index in [0.29, 0.717) is 0 Å². The Hall–Kier alpha value is -1.05. The van der Waals surface area contributed by atoms with Gasteiger partial charge in [-0.25, -0.2) is 4.79 Å². The maximum Gasteiger partial charge on any atom is 0.339 e. The third kappa shape index (κ3) is 1.61. The summed E-state index contributed by atoms with van der Waals surface area (Å²) in [5, 5.41) is 0. The van der Waals surface area contributed by atoms with Gasteiger partial charge in [-0.1, -0.05) is 13.3 Å². The van der Waals surface area contributed by atoms with Gasteiger partial charge in [0.15, 0.2) is 0 Å². The van der Waals surface area contributed by atoms with Crippen LogP contribution in [-0.4, -0.2) is 5.97 Å². The van der Waals surface area contributed by atoms with E-state index < -0.39 is 0 Å². The van der Waals surface area contributed by atoms with Crippen molar-refractivity contribution in [1.82, 2.24) is 0 Å². The summed E-state index contributed by atoms with van der Waals surface area (Å²) in [5.74, 6) is 0.758. The smallest absolute Gasteiger partial charge is 0.339 e. The number of ether oxygens (including phenoxy) is 1. The van der Waals surface area contributed by atoms with E-state index in [1.54, 1.807) is 0 Å². The van der Waals surface area contributed by atoms with Gasteiger partial charge in [0.05, 0.1) is 0 Å². The minimum Gasteiger partial charge on any atom is -0.423 e. The second-order valence-corrected chi connectivity index (χ2v) is 3.91. The highest BCUT2D eigenvalue weighted by atomic mass is 16.5. The predicted molar refractivity (Wildman–Crippen MR) is 54.6 cm³/mol. The zero-order valence-corrected chi connectivity index (χ0v) is 8.64. The molecule has 1 heterocycles. The monoisotopic (exact) mass is 192 g/mol. The van der Waals surface area contributed by atoms with Crippen LogP contribution in [0.2, 0.25) is 0 Å². The van der Waals surface area contributed by atoms with Gasteiger partial charge in [-0.2, -0.15) is 0 Å². The molecular weight excluding hydrogens is 176 g/mol. The predicted octanol–water partition coefficient (Wildman–Crippen LogP) is 3.10. The third-order valence-electron chi connectivity index (χ3n) is 2.83. The van der Waals surface area contributed by atoms with E-state index in [9.17, 15) is 4.79 Å². The van der Waals surface area contributed by atoms with Crippen LogP contribution in [0, 0.1) is 0 Å². The fraction of sp³-hybridized carbons (Fsp3) is 0.583. The number of cyclic esters (lactones) is 1. The molecule has 76 valence electrons. The molecule has 0 saturated heterocycles. The highest BCUT2D eigenvalue weighted by Crippen LogP contribution is 2.36. The standard InChI is InChI=1S/C12H16O2/c1-2-3-8-11-9-6-4-5-7-10(9)12(13)14-11/h8H,2-7H2,1H3/b11-8+. The number of unbranched alkanes of at least 4 members (excludes halogenated alkanes) is 1. The van der Waals surface area contributed by atoms with Crippen LogP contribution in [-0.2, 0) is 9.53 Å². The Kier molecular flexibility index (Phi) is 2.71. The minimum absolute atomic E-state index is 0.0953. The second kappa shape index (κ2) is 3.99. The van der Waals surface area contributed by atoms with Gasteiger partial charge < -0.3 is 4.74 Å². The average Bonchev–Trinajstić information content (AvgIpc) is 2.54. The number of allylic oxidation sites excluding steroid dienone is 2. The molecule has 0 bridgehead atoms. The van der Waals surface area contributed by atoms with E-state index in [0.717, 1.165) is 43.4 Å². The molecule has 0 amide bonds. The summed E-state index contributed by atoms with van der Waals surface area (Å²) >= 11 is 0. The summed E-state index contributed by atoms with van der Waals surface area (Å²) in [6.07, 6.45) is 8.43. The summed E-state index contributed by atoms with van der Waals surface area (Å²) in [6, 6.07) is 0. The van der Waals surface area contributed by atoms with Crippen LogP contribution in [0.5, 0.6) is 0 Å². The molecule has 0 saturated carbocycles. The zero-order valence-electron chi connectivity index (χ0n) is 8.64. The van der Waals surface area contributed by atoms with Crippen molar-refractivity contribution >= 4 is 5.97 Å². The van der Waals surface area contributed by atoms with Crippen molar-refractivity contribution in [2.24, 2.45) is 0 Å². The molecule has 0 atom stereocenters. The SMILES string of the molecule is CCC/C=C1/OC(=O)C2=C1CCCC2.